The summed E-state index contributed by atoms with van der Waals surface area (Å²) in [5.41, 5.74) is 6.33. The lowest BCUT2D eigenvalue weighted by atomic mass is 10.2. The van der Waals surface area contributed by atoms with Crippen molar-refractivity contribution in [2.45, 2.75) is 6.92 Å². The molecule has 2 aromatic rings. The first-order chi connectivity index (χ1) is 10.4. The molecule has 0 amide bonds. The maximum Gasteiger partial charge on any atom is 0.341 e. The van der Waals surface area contributed by atoms with Crippen LogP contribution in [0.15, 0.2) is 30.5 Å². The molecular weight excluding hydrogens is 290 g/mol. The van der Waals surface area contributed by atoms with Gasteiger partial charge in [0, 0.05) is 18.0 Å². The van der Waals surface area contributed by atoms with Crippen LogP contribution in [0.4, 0.5) is 11.4 Å². The Morgan fingerprint density at radius 1 is 1.36 bits per heavy atom. The average molecular weight is 303 g/mol. The second-order valence-electron chi connectivity index (χ2n) is 4.44. The number of hydrogen-bond acceptors (Lipinski definition) is 7. The number of rotatable bonds is 4. The molecule has 0 atom stereocenters. The Morgan fingerprint density at radius 3 is 2.73 bits per heavy atom. The summed E-state index contributed by atoms with van der Waals surface area (Å²) in [6.45, 7) is 1.67. The number of esters is 1. The number of aromatic nitrogens is 1. The number of benzene rings is 1. The molecule has 114 valence electrons. The van der Waals surface area contributed by atoms with Crippen LogP contribution in [0.25, 0.3) is 0 Å². The van der Waals surface area contributed by atoms with E-state index in [-0.39, 0.29) is 22.9 Å². The zero-order valence-electron chi connectivity index (χ0n) is 11.9. The van der Waals surface area contributed by atoms with Crippen LogP contribution >= 0.6 is 0 Å². The molecule has 1 heterocycles. The van der Waals surface area contributed by atoms with E-state index in [0.29, 0.717) is 11.3 Å². The Kier molecular flexibility index (Phi) is 4.21. The third-order valence-electron chi connectivity index (χ3n) is 2.78. The fourth-order valence-electron chi connectivity index (χ4n) is 1.76. The fourth-order valence-corrected chi connectivity index (χ4v) is 1.76. The molecule has 8 nitrogen and oxygen atoms in total. The van der Waals surface area contributed by atoms with Crippen LogP contribution in [0.2, 0.25) is 0 Å². The molecular formula is C14H13N3O5. The highest BCUT2D eigenvalue weighted by Gasteiger charge is 2.21. The molecule has 2 rings (SSSR count). The summed E-state index contributed by atoms with van der Waals surface area (Å²) in [6.07, 6.45) is 1.43. The monoisotopic (exact) mass is 303 g/mol. The minimum atomic E-state index is -0.669. The molecule has 1 aromatic carbocycles. The maximum absolute atomic E-state index is 11.7. The Labute approximate surface area is 125 Å². The van der Waals surface area contributed by atoms with E-state index in [0.717, 1.165) is 0 Å². The lowest BCUT2D eigenvalue weighted by Gasteiger charge is -2.10. The number of carbonyl (C=O) groups is 1. The van der Waals surface area contributed by atoms with Gasteiger partial charge in [0.2, 0.25) is 0 Å². The van der Waals surface area contributed by atoms with Gasteiger partial charge in [-0.25, -0.2) is 9.78 Å². The van der Waals surface area contributed by atoms with Crippen LogP contribution in [-0.2, 0) is 4.74 Å². The topological polar surface area (TPSA) is 118 Å². The predicted molar refractivity (Wildman–Crippen MR) is 77.9 cm³/mol. The fraction of sp³-hybridized carbons (Fsp3) is 0.143. The number of nitrogens with two attached hydrogens (primary N) is 1. The van der Waals surface area contributed by atoms with Crippen molar-refractivity contribution in [3.8, 4) is 11.6 Å². The lowest BCUT2D eigenvalue weighted by molar-refractivity contribution is -0.386. The highest BCUT2D eigenvalue weighted by Crippen LogP contribution is 2.32. The summed E-state index contributed by atoms with van der Waals surface area (Å²) in [4.78, 5) is 26.1. The second-order valence-corrected chi connectivity index (χ2v) is 4.44. The van der Waals surface area contributed by atoms with E-state index in [9.17, 15) is 14.9 Å². The van der Waals surface area contributed by atoms with E-state index in [1.165, 1.54) is 37.6 Å². The average Bonchev–Trinajstić information content (AvgIpc) is 2.49. The van der Waals surface area contributed by atoms with Gasteiger partial charge < -0.3 is 15.2 Å². The number of aryl methyl sites for hydroxylation is 1. The van der Waals surface area contributed by atoms with Gasteiger partial charge in [-0.15, -0.1) is 0 Å². The molecule has 0 saturated heterocycles. The van der Waals surface area contributed by atoms with Gasteiger partial charge in [0.1, 0.15) is 11.3 Å². The lowest BCUT2D eigenvalue weighted by Crippen LogP contribution is -2.06. The highest BCUT2D eigenvalue weighted by molar-refractivity contribution is 5.93. The third kappa shape index (κ3) is 3.11. The van der Waals surface area contributed by atoms with Crippen molar-refractivity contribution in [1.29, 1.82) is 0 Å². The van der Waals surface area contributed by atoms with Gasteiger partial charge in [-0.05, 0) is 30.7 Å². The number of nitro groups is 1. The molecule has 8 heteroatoms. The Hall–Kier alpha value is -3.16. The molecule has 0 aliphatic carbocycles. The molecule has 0 unspecified atom stereocenters. The van der Waals surface area contributed by atoms with Gasteiger partial charge in [0.05, 0.1) is 12.0 Å². The number of nitrogen functional groups attached to an aromatic ring is 1. The third-order valence-corrected chi connectivity index (χ3v) is 2.78. The van der Waals surface area contributed by atoms with E-state index in [2.05, 4.69) is 9.72 Å². The molecule has 22 heavy (non-hydrogen) atoms. The van der Waals surface area contributed by atoms with Gasteiger partial charge in [-0.2, -0.15) is 0 Å². The molecule has 0 spiro atoms. The summed E-state index contributed by atoms with van der Waals surface area (Å²) in [5.74, 6) is -0.817. The summed E-state index contributed by atoms with van der Waals surface area (Å²) >= 11 is 0. The van der Waals surface area contributed by atoms with Crippen molar-refractivity contribution < 1.29 is 19.2 Å². The largest absolute Gasteiger partial charge is 0.465 e. The minimum Gasteiger partial charge on any atom is -0.465 e. The summed E-state index contributed by atoms with van der Waals surface area (Å²) in [5, 5.41) is 11.1. The Bertz CT molecular complexity index is 745. The van der Waals surface area contributed by atoms with Gasteiger partial charge >= 0.3 is 11.7 Å². The van der Waals surface area contributed by atoms with Crippen LogP contribution in [-0.4, -0.2) is 23.0 Å². The number of ether oxygens (including phenoxy) is 2. The molecule has 0 aliphatic heterocycles. The maximum atomic E-state index is 11.7. The SMILES string of the molecule is COC(=O)c1cc(N)ccc1Oc1ncc(C)cc1[N+](=O)[O-]. The summed E-state index contributed by atoms with van der Waals surface area (Å²) < 4.78 is 10.1. The van der Waals surface area contributed by atoms with E-state index >= 15 is 0 Å². The van der Waals surface area contributed by atoms with Crippen LogP contribution in [0, 0.1) is 17.0 Å². The molecule has 0 saturated carbocycles. The first kappa shape index (κ1) is 15.2. The molecule has 0 aliphatic rings. The van der Waals surface area contributed by atoms with Crippen molar-refractivity contribution in [1.82, 2.24) is 4.98 Å². The number of hydrogen-bond donors (Lipinski definition) is 1. The van der Waals surface area contributed by atoms with Gasteiger partial charge in [0.15, 0.2) is 0 Å². The molecule has 1 aromatic heterocycles. The van der Waals surface area contributed by atoms with Crippen LogP contribution < -0.4 is 10.5 Å². The van der Waals surface area contributed by atoms with Crippen molar-refractivity contribution in [3.63, 3.8) is 0 Å². The van der Waals surface area contributed by atoms with E-state index in [1.54, 1.807) is 6.92 Å². The molecule has 0 bridgehead atoms. The van der Waals surface area contributed by atoms with Crippen LogP contribution in [0.1, 0.15) is 15.9 Å². The smallest absolute Gasteiger partial charge is 0.341 e. The normalized spacial score (nSPS) is 10.1. The summed E-state index contributed by atoms with van der Waals surface area (Å²) in [6, 6.07) is 5.62. The first-order valence-corrected chi connectivity index (χ1v) is 6.19. The van der Waals surface area contributed by atoms with Gasteiger partial charge in [0.25, 0.3) is 5.88 Å². The van der Waals surface area contributed by atoms with Crippen LogP contribution in [0.3, 0.4) is 0 Å². The van der Waals surface area contributed by atoms with Gasteiger partial charge in [-0.3, -0.25) is 10.1 Å². The highest BCUT2D eigenvalue weighted by atomic mass is 16.6. The Balaban J connectivity index is 2.48. The quantitative estimate of drug-likeness (QED) is 0.399. The van der Waals surface area contributed by atoms with Crippen molar-refractivity contribution in [3.05, 3.63) is 51.7 Å². The number of anilines is 1. The van der Waals surface area contributed by atoms with Crippen LogP contribution in [0.5, 0.6) is 11.6 Å². The standard InChI is InChI=1S/C14H13N3O5/c1-8-5-11(17(19)20)13(16-7-8)22-12-4-3-9(15)6-10(12)14(18)21-2/h3-7H,15H2,1-2H3. The summed E-state index contributed by atoms with van der Waals surface area (Å²) in [7, 11) is 1.21. The molecule has 2 N–H and O–H groups in total. The number of pyridine rings is 1. The van der Waals surface area contributed by atoms with E-state index in [1.807, 2.05) is 0 Å². The number of nitrogens with zero attached hydrogens (tertiary/aromatic N) is 2. The zero-order chi connectivity index (χ0) is 16.3. The zero-order valence-corrected chi connectivity index (χ0v) is 11.9. The van der Waals surface area contributed by atoms with Crippen molar-refractivity contribution >= 4 is 17.3 Å². The van der Waals surface area contributed by atoms with Crippen molar-refractivity contribution in [2.75, 3.05) is 12.8 Å². The Morgan fingerprint density at radius 2 is 2.09 bits per heavy atom. The van der Waals surface area contributed by atoms with Gasteiger partial charge in [-0.1, -0.05) is 0 Å². The second kappa shape index (κ2) is 6.08. The minimum absolute atomic E-state index is 0.0548. The number of methoxy groups -OCH3 is 1. The first-order valence-electron chi connectivity index (χ1n) is 6.19. The van der Waals surface area contributed by atoms with E-state index in [4.69, 9.17) is 10.5 Å². The molecule has 0 radical (unpaired) electrons. The van der Waals surface area contributed by atoms with Crippen molar-refractivity contribution in [2.24, 2.45) is 0 Å². The molecule has 0 fully saturated rings. The van der Waals surface area contributed by atoms with E-state index < -0.39 is 10.9 Å². The number of carbonyl (C=O) groups excluding carboxylic acids is 1. The predicted octanol–water partition coefficient (Wildman–Crippen LogP) is 2.46.